The second kappa shape index (κ2) is 13.3. The monoisotopic (exact) mass is 677 g/mol. The largest absolute Gasteiger partial charge is 0.490 e. The lowest BCUT2D eigenvalue weighted by Crippen LogP contribution is -2.43. The molecule has 0 aliphatic carbocycles. The first-order valence-corrected chi connectivity index (χ1v) is 15.6. The molecule has 0 saturated carbocycles. The minimum Gasteiger partial charge on any atom is -0.387 e. The minimum absolute atomic E-state index is 0.249. The summed E-state index contributed by atoms with van der Waals surface area (Å²) in [6.07, 6.45) is -11.2. The van der Waals surface area contributed by atoms with Crippen LogP contribution in [0.3, 0.4) is 0 Å². The van der Waals surface area contributed by atoms with Gasteiger partial charge in [0.05, 0.1) is 18.7 Å². The maximum absolute atomic E-state index is 13.1. The molecule has 1 aromatic heterocycles. The van der Waals surface area contributed by atoms with Crippen molar-refractivity contribution in [2.75, 3.05) is 13.2 Å². The lowest BCUT2D eigenvalue weighted by Gasteiger charge is -2.23. The Morgan fingerprint density at radius 2 is 1.69 bits per heavy atom. The third kappa shape index (κ3) is 10.3. The molecule has 1 fully saturated rings. The van der Waals surface area contributed by atoms with Gasteiger partial charge in [0.15, 0.2) is 6.23 Å². The van der Waals surface area contributed by atoms with E-state index in [1.807, 2.05) is 0 Å². The molecule has 0 bridgehead atoms. The molecule has 2 heterocycles. The van der Waals surface area contributed by atoms with E-state index in [4.69, 9.17) is 14.5 Å². The molecule has 7 N–H and O–H groups in total. The molecule has 1 aliphatic heterocycles. The van der Waals surface area contributed by atoms with Crippen molar-refractivity contribution in [2.45, 2.75) is 51.1 Å². The number of hydrogen-bond donors (Lipinski definition) is 7. The Kier molecular flexibility index (Phi) is 11.5. The second-order valence-corrected chi connectivity index (χ2v) is 13.1. The van der Waals surface area contributed by atoms with E-state index in [-0.39, 0.29) is 4.90 Å². The molecule has 240 valence electrons. The van der Waals surface area contributed by atoms with E-state index in [0.29, 0.717) is 16.3 Å². The fourth-order valence-corrected chi connectivity index (χ4v) is 6.32. The first-order valence-electron chi connectivity index (χ1n) is 11.1. The number of nitrogens with zero attached hydrogens (tertiary/aromatic N) is 2. The number of hydrogen-bond acceptors (Lipinski definition) is 12. The second-order valence-electron chi connectivity index (χ2n) is 8.72. The number of amides is 1. The van der Waals surface area contributed by atoms with Crippen molar-refractivity contribution in [1.29, 1.82) is 0 Å². The first kappa shape index (κ1) is 36.2. The summed E-state index contributed by atoms with van der Waals surface area (Å²) in [6, 6.07) is 0. The van der Waals surface area contributed by atoms with Crippen LogP contribution >= 0.6 is 23.5 Å². The predicted octanol–water partition coefficient (Wildman–Crippen LogP) is -0.644. The molecular weight excluding hydrogens is 652 g/mol. The number of phosphoric ester groups is 1. The van der Waals surface area contributed by atoms with Gasteiger partial charge in [-0.2, -0.15) is 21.8 Å². The van der Waals surface area contributed by atoms with Crippen LogP contribution in [0.25, 0.3) is 0 Å². The zero-order chi connectivity index (χ0) is 32.4. The minimum atomic E-state index is -5.88. The number of aromatic amines is 1. The van der Waals surface area contributed by atoms with Crippen LogP contribution in [0.4, 0.5) is 13.2 Å². The van der Waals surface area contributed by atoms with Gasteiger partial charge in [-0.05, 0) is 13.8 Å². The molecule has 1 amide bonds. The highest BCUT2D eigenvalue weighted by Crippen LogP contribution is 2.66. The van der Waals surface area contributed by atoms with Crippen molar-refractivity contribution >= 4 is 29.4 Å². The van der Waals surface area contributed by atoms with Crippen LogP contribution in [-0.4, -0.2) is 87.8 Å². The van der Waals surface area contributed by atoms with Gasteiger partial charge in [-0.3, -0.25) is 23.7 Å². The standard InChI is InChI=1S/C17H25F3N3O16P3/c1-8(2)3-4-22(15(27)17(18,19)20)5-9-6-23(16(28)21-13(9)26)14-12(25)11(24)10(37-14)7-36-41(32,33)39-42(34,35)38-40(29,30)31/h3,6,10-12,14,24-25H,4-5,7H2,1-2H3,(H,32,33)(H,34,35)(H,21,26,28)(H2,29,30,31)/t10-,11?,12?,14-/m1/s1. The number of alkyl halides is 3. The van der Waals surface area contributed by atoms with Crippen molar-refractivity contribution in [3.05, 3.63) is 44.2 Å². The number of halogens is 3. The molecule has 6 atom stereocenters. The number of allylic oxidation sites excluding steroid dienone is 1. The van der Waals surface area contributed by atoms with E-state index < -0.39 is 96.6 Å². The van der Waals surface area contributed by atoms with Crippen molar-refractivity contribution in [1.82, 2.24) is 14.5 Å². The van der Waals surface area contributed by atoms with E-state index in [1.54, 1.807) is 4.98 Å². The molecular formula is C17H25F3N3O16P3. The summed E-state index contributed by atoms with van der Waals surface area (Å²) in [4.78, 5) is 74.4. The van der Waals surface area contributed by atoms with Gasteiger partial charge >= 0.3 is 41.2 Å². The average Bonchev–Trinajstić information content (AvgIpc) is 3.06. The fourth-order valence-electron chi connectivity index (χ4n) is 3.29. The topological polar surface area (TPSA) is 285 Å². The zero-order valence-corrected chi connectivity index (χ0v) is 23.9. The molecule has 4 unspecified atom stereocenters. The van der Waals surface area contributed by atoms with Crippen molar-refractivity contribution in [2.24, 2.45) is 0 Å². The molecule has 1 aromatic rings. The van der Waals surface area contributed by atoms with Gasteiger partial charge in [-0.15, -0.1) is 0 Å². The molecule has 42 heavy (non-hydrogen) atoms. The van der Waals surface area contributed by atoms with Gasteiger partial charge in [-0.25, -0.2) is 18.5 Å². The maximum atomic E-state index is 13.1. The molecule has 1 saturated heterocycles. The van der Waals surface area contributed by atoms with E-state index in [1.165, 1.54) is 19.9 Å². The van der Waals surface area contributed by atoms with Crippen molar-refractivity contribution in [3.63, 3.8) is 0 Å². The van der Waals surface area contributed by atoms with Crippen LogP contribution in [0.15, 0.2) is 27.4 Å². The summed E-state index contributed by atoms with van der Waals surface area (Å²) in [5.74, 6) is -2.31. The lowest BCUT2D eigenvalue weighted by molar-refractivity contribution is -0.185. The highest BCUT2D eigenvalue weighted by molar-refractivity contribution is 7.66. The van der Waals surface area contributed by atoms with Crippen LogP contribution < -0.4 is 11.2 Å². The maximum Gasteiger partial charge on any atom is 0.490 e. The van der Waals surface area contributed by atoms with Crippen LogP contribution in [0.2, 0.25) is 0 Å². The first-order chi connectivity index (χ1) is 18.9. The van der Waals surface area contributed by atoms with Gasteiger partial charge in [0.1, 0.15) is 18.3 Å². The number of carbonyl (C=O) groups excluding carboxylic acids is 1. The quantitative estimate of drug-likeness (QED) is 0.107. The Balaban J connectivity index is 2.28. The smallest absolute Gasteiger partial charge is 0.387 e. The highest BCUT2D eigenvalue weighted by atomic mass is 31.3. The SMILES string of the molecule is CC(C)=CCN(Cc1cn([C@@H]2O[C@H](COP(=O)(O)OP(=O)(O)OP(=O)(O)O)C(O)C2O)c(=O)[nH]c1=O)C(=O)C(F)(F)F. The number of H-pyrrole nitrogens is 1. The molecule has 1 aliphatic rings. The Bertz CT molecular complexity index is 1450. The number of aromatic nitrogens is 2. The summed E-state index contributed by atoms with van der Waals surface area (Å²) in [7, 11) is -17.2. The Morgan fingerprint density at radius 3 is 2.21 bits per heavy atom. The zero-order valence-electron chi connectivity index (χ0n) is 21.2. The number of ether oxygens (including phenoxy) is 1. The van der Waals surface area contributed by atoms with Crippen LogP contribution in [-0.2, 0) is 42.9 Å². The van der Waals surface area contributed by atoms with Gasteiger partial charge in [-0.1, -0.05) is 11.6 Å². The highest BCUT2D eigenvalue weighted by Gasteiger charge is 2.47. The molecule has 25 heteroatoms. The van der Waals surface area contributed by atoms with E-state index in [9.17, 15) is 61.2 Å². The molecule has 0 radical (unpaired) electrons. The normalized spacial score (nSPS) is 24.1. The number of rotatable bonds is 12. The van der Waals surface area contributed by atoms with E-state index in [2.05, 4.69) is 13.1 Å². The van der Waals surface area contributed by atoms with Crippen LogP contribution in [0.1, 0.15) is 25.6 Å². The van der Waals surface area contributed by atoms with Gasteiger partial charge in [0.25, 0.3) is 5.56 Å². The summed E-state index contributed by atoms with van der Waals surface area (Å²) in [5, 5.41) is 20.6. The number of carbonyl (C=O) groups is 1. The van der Waals surface area contributed by atoms with E-state index in [0.717, 1.165) is 0 Å². The van der Waals surface area contributed by atoms with Crippen LogP contribution in [0, 0.1) is 0 Å². The predicted molar refractivity (Wildman–Crippen MR) is 128 cm³/mol. The third-order valence-corrected chi connectivity index (χ3v) is 8.88. The number of phosphoric acid groups is 3. The molecule has 0 aromatic carbocycles. The average molecular weight is 677 g/mol. The summed E-state index contributed by atoms with van der Waals surface area (Å²) in [6.45, 7) is 0.281. The summed E-state index contributed by atoms with van der Waals surface area (Å²) >= 11 is 0. The molecule has 2 rings (SSSR count). The summed E-state index contributed by atoms with van der Waals surface area (Å²) in [5.41, 5.74) is -2.55. The van der Waals surface area contributed by atoms with Gasteiger partial charge in [0, 0.05) is 12.7 Å². The third-order valence-electron chi connectivity index (χ3n) is 5.08. The molecule has 19 nitrogen and oxygen atoms in total. The number of aliphatic hydroxyl groups excluding tert-OH is 2. The lowest BCUT2D eigenvalue weighted by atomic mass is 10.1. The Labute approximate surface area is 232 Å². The molecule has 0 spiro atoms. The van der Waals surface area contributed by atoms with Crippen molar-refractivity contribution in [3.8, 4) is 0 Å². The van der Waals surface area contributed by atoms with E-state index >= 15 is 0 Å². The van der Waals surface area contributed by atoms with Crippen LogP contribution in [0.5, 0.6) is 0 Å². The summed E-state index contributed by atoms with van der Waals surface area (Å²) < 4.78 is 90.3. The van der Waals surface area contributed by atoms with Gasteiger partial charge in [0.2, 0.25) is 0 Å². The number of aliphatic hydroxyl groups is 2. The Morgan fingerprint density at radius 1 is 1.10 bits per heavy atom. The fraction of sp³-hybridized carbons (Fsp3) is 0.588. The van der Waals surface area contributed by atoms with Gasteiger partial charge < -0.3 is 39.4 Å². The number of nitrogens with one attached hydrogen (secondary N) is 1. The van der Waals surface area contributed by atoms with Crippen molar-refractivity contribution < 1.29 is 79.3 Å². The Hall–Kier alpha value is -2.03.